The number of nitrogens with one attached hydrogen (secondary N) is 1. The van der Waals surface area contributed by atoms with Crippen LogP contribution in [0.25, 0.3) is 5.69 Å². The SMILES string of the molecule is O=C(Nc1ccc(=O)n(-c2ccccc2)c1)c1cccc(Br)c1. The van der Waals surface area contributed by atoms with Crippen molar-refractivity contribution in [3.05, 3.63) is 93.3 Å². The van der Waals surface area contributed by atoms with Crippen molar-refractivity contribution in [3.8, 4) is 5.69 Å². The number of para-hydroxylation sites is 1. The van der Waals surface area contributed by atoms with Crippen LogP contribution in [0.5, 0.6) is 0 Å². The molecule has 0 saturated heterocycles. The highest BCUT2D eigenvalue weighted by molar-refractivity contribution is 9.10. The molecule has 2 aromatic carbocycles. The molecular formula is C18H13BrN2O2. The summed E-state index contributed by atoms with van der Waals surface area (Å²) in [6, 6.07) is 19.4. The maximum atomic E-state index is 12.3. The van der Waals surface area contributed by atoms with E-state index in [1.807, 2.05) is 36.4 Å². The first-order chi connectivity index (χ1) is 11.1. The van der Waals surface area contributed by atoms with E-state index >= 15 is 0 Å². The van der Waals surface area contributed by atoms with Crippen LogP contribution in [-0.2, 0) is 0 Å². The first-order valence-corrected chi connectivity index (χ1v) is 7.78. The van der Waals surface area contributed by atoms with Gasteiger partial charge in [0.1, 0.15) is 0 Å². The van der Waals surface area contributed by atoms with Crippen molar-refractivity contribution in [2.24, 2.45) is 0 Å². The van der Waals surface area contributed by atoms with Gasteiger partial charge in [0.05, 0.1) is 5.69 Å². The molecule has 0 bridgehead atoms. The van der Waals surface area contributed by atoms with E-state index in [2.05, 4.69) is 21.2 Å². The first-order valence-electron chi connectivity index (χ1n) is 6.98. The summed E-state index contributed by atoms with van der Waals surface area (Å²) in [5.74, 6) is -0.232. The number of amides is 1. The minimum absolute atomic E-state index is 0.156. The molecule has 0 aliphatic rings. The third-order valence-corrected chi connectivity index (χ3v) is 3.78. The minimum Gasteiger partial charge on any atom is -0.321 e. The number of anilines is 1. The summed E-state index contributed by atoms with van der Waals surface area (Å²) in [6.07, 6.45) is 1.62. The van der Waals surface area contributed by atoms with Gasteiger partial charge in [0.25, 0.3) is 11.5 Å². The number of carbonyl (C=O) groups is 1. The van der Waals surface area contributed by atoms with Crippen molar-refractivity contribution in [1.29, 1.82) is 0 Å². The highest BCUT2D eigenvalue weighted by Crippen LogP contribution is 2.14. The van der Waals surface area contributed by atoms with Gasteiger partial charge in [0.2, 0.25) is 0 Å². The molecular weight excluding hydrogens is 356 g/mol. The van der Waals surface area contributed by atoms with Gasteiger partial charge < -0.3 is 5.32 Å². The number of hydrogen-bond acceptors (Lipinski definition) is 2. The topological polar surface area (TPSA) is 51.1 Å². The second-order valence-corrected chi connectivity index (χ2v) is 5.84. The van der Waals surface area contributed by atoms with Crippen LogP contribution in [0.15, 0.2) is 82.2 Å². The summed E-state index contributed by atoms with van der Waals surface area (Å²) in [5.41, 5.74) is 1.68. The van der Waals surface area contributed by atoms with Crippen molar-refractivity contribution in [2.45, 2.75) is 0 Å². The molecule has 5 heteroatoms. The molecule has 3 aromatic rings. The van der Waals surface area contributed by atoms with E-state index < -0.39 is 0 Å². The Balaban J connectivity index is 1.90. The van der Waals surface area contributed by atoms with Crippen LogP contribution >= 0.6 is 15.9 Å². The molecule has 1 N–H and O–H groups in total. The Hall–Kier alpha value is -2.66. The Kier molecular flexibility index (Phi) is 4.39. The highest BCUT2D eigenvalue weighted by atomic mass is 79.9. The standard InChI is InChI=1S/C18H13BrN2O2/c19-14-6-4-5-13(11-14)18(23)20-15-9-10-17(22)21(12-15)16-7-2-1-3-8-16/h1-12H,(H,20,23). The lowest BCUT2D eigenvalue weighted by Gasteiger charge is -2.09. The number of aromatic nitrogens is 1. The molecule has 0 atom stereocenters. The van der Waals surface area contributed by atoms with Crippen LogP contribution in [-0.4, -0.2) is 10.5 Å². The molecule has 0 saturated carbocycles. The number of nitrogens with zero attached hydrogens (tertiary/aromatic N) is 1. The van der Waals surface area contributed by atoms with Gasteiger partial charge in [-0.05, 0) is 36.4 Å². The van der Waals surface area contributed by atoms with Crippen molar-refractivity contribution >= 4 is 27.5 Å². The number of benzene rings is 2. The maximum Gasteiger partial charge on any atom is 0.255 e. The lowest BCUT2D eigenvalue weighted by Crippen LogP contribution is -2.19. The second-order valence-electron chi connectivity index (χ2n) is 4.93. The summed E-state index contributed by atoms with van der Waals surface area (Å²) < 4.78 is 2.33. The molecule has 1 aromatic heterocycles. The van der Waals surface area contributed by atoms with Gasteiger partial charge in [0, 0.05) is 28.0 Å². The van der Waals surface area contributed by atoms with Crippen molar-refractivity contribution in [2.75, 3.05) is 5.32 Å². The zero-order valence-corrected chi connectivity index (χ0v) is 13.7. The Morgan fingerprint density at radius 1 is 0.957 bits per heavy atom. The molecule has 0 unspecified atom stereocenters. The number of halogens is 1. The van der Waals surface area contributed by atoms with Gasteiger partial charge in [-0.15, -0.1) is 0 Å². The Bertz CT molecular complexity index is 904. The predicted molar refractivity (Wildman–Crippen MR) is 94.1 cm³/mol. The fourth-order valence-corrected chi connectivity index (χ4v) is 2.58. The molecule has 0 spiro atoms. The molecule has 3 rings (SSSR count). The summed E-state index contributed by atoms with van der Waals surface area (Å²) in [6.45, 7) is 0. The second kappa shape index (κ2) is 6.62. The van der Waals surface area contributed by atoms with Gasteiger partial charge in [-0.3, -0.25) is 14.2 Å². The van der Waals surface area contributed by atoms with E-state index in [1.165, 1.54) is 10.6 Å². The smallest absolute Gasteiger partial charge is 0.255 e. The van der Waals surface area contributed by atoms with Crippen LogP contribution in [0.2, 0.25) is 0 Å². The minimum atomic E-state index is -0.232. The first kappa shape index (κ1) is 15.2. The van der Waals surface area contributed by atoms with Crippen LogP contribution < -0.4 is 10.9 Å². The highest BCUT2D eigenvalue weighted by Gasteiger charge is 2.08. The Labute approximate surface area is 141 Å². The molecule has 0 aliphatic heterocycles. The van der Waals surface area contributed by atoms with E-state index in [4.69, 9.17) is 0 Å². The van der Waals surface area contributed by atoms with Crippen LogP contribution in [0.3, 0.4) is 0 Å². The van der Waals surface area contributed by atoms with E-state index in [9.17, 15) is 9.59 Å². The summed E-state index contributed by atoms with van der Waals surface area (Å²) in [5, 5.41) is 2.80. The lowest BCUT2D eigenvalue weighted by molar-refractivity contribution is 0.102. The summed E-state index contributed by atoms with van der Waals surface area (Å²) in [4.78, 5) is 24.3. The van der Waals surface area contributed by atoms with Crippen molar-refractivity contribution in [1.82, 2.24) is 4.57 Å². The maximum absolute atomic E-state index is 12.3. The Morgan fingerprint density at radius 2 is 1.74 bits per heavy atom. The molecule has 23 heavy (non-hydrogen) atoms. The van der Waals surface area contributed by atoms with Crippen LogP contribution in [0.4, 0.5) is 5.69 Å². The van der Waals surface area contributed by atoms with E-state index in [-0.39, 0.29) is 11.5 Å². The van der Waals surface area contributed by atoms with Crippen LogP contribution in [0, 0.1) is 0 Å². The van der Waals surface area contributed by atoms with Gasteiger partial charge in [-0.2, -0.15) is 0 Å². The largest absolute Gasteiger partial charge is 0.321 e. The third kappa shape index (κ3) is 3.57. The average Bonchev–Trinajstić information content (AvgIpc) is 2.57. The normalized spacial score (nSPS) is 10.3. The molecule has 114 valence electrons. The molecule has 0 fully saturated rings. The quantitative estimate of drug-likeness (QED) is 0.763. The molecule has 4 nitrogen and oxygen atoms in total. The van der Waals surface area contributed by atoms with Gasteiger partial charge in [-0.1, -0.05) is 40.2 Å². The third-order valence-electron chi connectivity index (χ3n) is 3.29. The lowest BCUT2D eigenvalue weighted by atomic mass is 10.2. The number of pyridine rings is 1. The zero-order chi connectivity index (χ0) is 16.2. The fourth-order valence-electron chi connectivity index (χ4n) is 2.18. The van der Waals surface area contributed by atoms with Gasteiger partial charge >= 0.3 is 0 Å². The molecule has 0 radical (unpaired) electrons. The van der Waals surface area contributed by atoms with Crippen molar-refractivity contribution in [3.63, 3.8) is 0 Å². The fraction of sp³-hybridized carbons (Fsp3) is 0. The number of hydrogen-bond donors (Lipinski definition) is 1. The summed E-state index contributed by atoms with van der Waals surface area (Å²) in [7, 11) is 0. The van der Waals surface area contributed by atoms with E-state index in [1.54, 1.807) is 30.5 Å². The average molecular weight is 369 g/mol. The Morgan fingerprint density at radius 3 is 2.48 bits per heavy atom. The van der Waals surface area contributed by atoms with E-state index in [0.29, 0.717) is 11.3 Å². The van der Waals surface area contributed by atoms with E-state index in [0.717, 1.165) is 10.2 Å². The number of rotatable bonds is 3. The molecule has 1 amide bonds. The predicted octanol–water partition coefficient (Wildman–Crippen LogP) is 3.85. The van der Waals surface area contributed by atoms with Gasteiger partial charge in [0.15, 0.2) is 0 Å². The van der Waals surface area contributed by atoms with Gasteiger partial charge in [-0.25, -0.2) is 0 Å². The molecule has 0 aliphatic carbocycles. The zero-order valence-electron chi connectivity index (χ0n) is 12.1. The molecule has 1 heterocycles. The number of carbonyl (C=O) groups excluding carboxylic acids is 1. The van der Waals surface area contributed by atoms with Crippen molar-refractivity contribution < 1.29 is 4.79 Å². The monoisotopic (exact) mass is 368 g/mol. The summed E-state index contributed by atoms with van der Waals surface area (Å²) >= 11 is 3.34. The van der Waals surface area contributed by atoms with Crippen LogP contribution in [0.1, 0.15) is 10.4 Å².